The van der Waals surface area contributed by atoms with Gasteiger partial charge in [0, 0.05) is 6.04 Å². The molecule has 0 aliphatic carbocycles. The third kappa shape index (κ3) is 4.14. The van der Waals surface area contributed by atoms with Gasteiger partial charge in [-0.25, -0.2) is 4.39 Å². The largest absolute Gasteiger partial charge is 0.316 e. The Morgan fingerprint density at radius 3 is 2.52 bits per heavy atom. The predicted molar refractivity (Wildman–Crippen MR) is 90.3 cm³/mol. The van der Waals surface area contributed by atoms with Gasteiger partial charge in [0.15, 0.2) is 0 Å². The highest BCUT2D eigenvalue weighted by molar-refractivity contribution is 9.10. The fourth-order valence-electron chi connectivity index (χ4n) is 2.46. The van der Waals surface area contributed by atoms with Gasteiger partial charge in [-0.2, -0.15) is 0 Å². The minimum atomic E-state index is -0.200. The van der Waals surface area contributed by atoms with Crippen LogP contribution in [0.25, 0.3) is 0 Å². The van der Waals surface area contributed by atoms with Gasteiger partial charge in [0.2, 0.25) is 0 Å². The molecule has 0 amide bonds. The molecule has 0 fully saturated rings. The molecule has 1 unspecified atom stereocenters. The van der Waals surface area contributed by atoms with Crippen LogP contribution < -0.4 is 5.32 Å². The quantitative estimate of drug-likeness (QED) is 0.832. The Morgan fingerprint density at radius 2 is 1.86 bits per heavy atom. The Hall–Kier alpha value is -1.19. The third-order valence-electron chi connectivity index (χ3n) is 3.96. The number of hydrogen-bond donors (Lipinski definition) is 1. The monoisotopic (exact) mass is 349 g/mol. The first-order valence-corrected chi connectivity index (χ1v) is 7.97. The van der Waals surface area contributed by atoms with E-state index in [0.29, 0.717) is 4.47 Å². The Bertz CT molecular complexity index is 625. The Balaban J connectivity index is 2.13. The average molecular weight is 350 g/mol. The van der Waals surface area contributed by atoms with Gasteiger partial charge in [0.1, 0.15) is 5.82 Å². The highest BCUT2D eigenvalue weighted by Gasteiger charge is 2.13. The van der Waals surface area contributed by atoms with E-state index in [1.807, 2.05) is 13.1 Å². The molecule has 0 aliphatic heterocycles. The standard InChI is InChI=1S/C18H21BrFN/c1-12-7-8-14(9-13(12)2)10-16(21-3)11-15-5-4-6-17(20)18(15)19/h4-9,16,21H,10-11H2,1-3H3. The summed E-state index contributed by atoms with van der Waals surface area (Å²) >= 11 is 3.34. The summed E-state index contributed by atoms with van der Waals surface area (Å²) in [6.07, 6.45) is 1.72. The van der Waals surface area contributed by atoms with Crippen LogP contribution in [0.5, 0.6) is 0 Å². The lowest BCUT2D eigenvalue weighted by Crippen LogP contribution is -2.30. The molecule has 0 bridgehead atoms. The third-order valence-corrected chi connectivity index (χ3v) is 4.85. The second-order valence-electron chi connectivity index (χ2n) is 5.53. The van der Waals surface area contributed by atoms with E-state index in [1.165, 1.54) is 22.8 Å². The number of rotatable bonds is 5. The van der Waals surface area contributed by atoms with Crippen molar-refractivity contribution in [2.75, 3.05) is 7.05 Å². The Labute approximate surface area is 134 Å². The first kappa shape index (κ1) is 16.2. The molecule has 112 valence electrons. The maximum absolute atomic E-state index is 13.6. The van der Waals surface area contributed by atoms with E-state index < -0.39 is 0 Å². The summed E-state index contributed by atoms with van der Waals surface area (Å²) in [5.41, 5.74) is 4.94. The maximum Gasteiger partial charge on any atom is 0.137 e. The van der Waals surface area contributed by atoms with Crippen molar-refractivity contribution in [1.29, 1.82) is 0 Å². The first-order valence-electron chi connectivity index (χ1n) is 7.17. The van der Waals surface area contributed by atoms with Crippen LogP contribution in [0.15, 0.2) is 40.9 Å². The van der Waals surface area contributed by atoms with Gasteiger partial charge in [-0.1, -0.05) is 30.3 Å². The molecule has 2 aromatic rings. The molecular weight excluding hydrogens is 329 g/mol. The molecule has 0 heterocycles. The molecule has 21 heavy (non-hydrogen) atoms. The van der Waals surface area contributed by atoms with Gasteiger partial charge < -0.3 is 5.32 Å². The first-order chi connectivity index (χ1) is 10.0. The van der Waals surface area contributed by atoms with Gasteiger partial charge in [-0.05, 0) is 78.0 Å². The molecule has 0 saturated carbocycles. The smallest absolute Gasteiger partial charge is 0.137 e. The number of nitrogens with one attached hydrogen (secondary N) is 1. The second kappa shape index (κ2) is 7.19. The van der Waals surface area contributed by atoms with Crippen molar-refractivity contribution in [2.24, 2.45) is 0 Å². The lowest BCUT2D eigenvalue weighted by atomic mass is 9.97. The van der Waals surface area contributed by atoms with Gasteiger partial charge in [-0.15, -0.1) is 0 Å². The molecule has 1 N–H and O–H groups in total. The molecule has 3 heteroatoms. The van der Waals surface area contributed by atoms with Crippen LogP contribution >= 0.6 is 15.9 Å². The second-order valence-corrected chi connectivity index (χ2v) is 6.32. The van der Waals surface area contributed by atoms with E-state index in [1.54, 1.807) is 6.07 Å². The maximum atomic E-state index is 13.6. The molecule has 0 radical (unpaired) electrons. The van der Waals surface area contributed by atoms with Gasteiger partial charge in [-0.3, -0.25) is 0 Å². The van der Waals surface area contributed by atoms with E-state index in [0.717, 1.165) is 18.4 Å². The van der Waals surface area contributed by atoms with Crippen LogP contribution in [0.1, 0.15) is 22.3 Å². The van der Waals surface area contributed by atoms with Gasteiger partial charge in [0.25, 0.3) is 0 Å². The molecule has 0 spiro atoms. The van der Waals surface area contributed by atoms with Gasteiger partial charge >= 0.3 is 0 Å². The summed E-state index contributed by atoms with van der Waals surface area (Å²) in [5, 5.41) is 3.34. The zero-order valence-corrected chi connectivity index (χ0v) is 14.3. The minimum absolute atomic E-state index is 0.200. The molecule has 1 nitrogen and oxygen atoms in total. The van der Waals surface area contributed by atoms with E-state index >= 15 is 0 Å². The van der Waals surface area contributed by atoms with Crippen LogP contribution in [-0.4, -0.2) is 13.1 Å². The lowest BCUT2D eigenvalue weighted by molar-refractivity contribution is 0.550. The van der Waals surface area contributed by atoms with Crippen LogP contribution in [0.4, 0.5) is 4.39 Å². The van der Waals surface area contributed by atoms with Crippen molar-refractivity contribution in [2.45, 2.75) is 32.7 Å². The zero-order valence-electron chi connectivity index (χ0n) is 12.7. The van der Waals surface area contributed by atoms with Crippen LogP contribution in [0.2, 0.25) is 0 Å². The predicted octanol–water partition coefficient (Wildman–Crippen LogP) is 4.58. The van der Waals surface area contributed by atoms with Gasteiger partial charge in [0.05, 0.1) is 4.47 Å². The highest BCUT2D eigenvalue weighted by atomic mass is 79.9. The molecule has 2 rings (SSSR count). The average Bonchev–Trinajstić information content (AvgIpc) is 2.47. The number of likely N-dealkylation sites (N-methyl/N-ethyl adjacent to an activating group) is 1. The summed E-state index contributed by atoms with van der Waals surface area (Å²) < 4.78 is 14.2. The minimum Gasteiger partial charge on any atom is -0.316 e. The van der Waals surface area contributed by atoms with Crippen molar-refractivity contribution < 1.29 is 4.39 Å². The van der Waals surface area contributed by atoms with Crippen molar-refractivity contribution in [3.05, 3.63) is 68.9 Å². The highest BCUT2D eigenvalue weighted by Crippen LogP contribution is 2.22. The summed E-state index contributed by atoms with van der Waals surface area (Å²) in [4.78, 5) is 0. The van der Waals surface area contributed by atoms with E-state index in [9.17, 15) is 4.39 Å². The van der Waals surface area contributed by atoms with Crippen molar-refractivity contribution in [3.8, 4) is 0 Å². The number of aryl methyl sites for hydroxylation is 2. The molecule has 2 aromatic carbocycles. The number of hydrogen-bond acceptors (Lipinski definition) is 1. The van der Waals surface area contributed by atoms with E-state index in [4.69, 9.17) is 0 Å². The van der Waals surface area contributed by atoms with Crippen molar-refractivity contribution in [1.82, 2.24) is 5.32 Å². The molecular formula is C18H21BrFN. The van der Waals surface area contributed by atoms with Crippen molar-refractivity contribution >= 4 is 15.9 Å². The normalized spacial score (nSPS) is 12.4. The topological polar surface area (TPSA) is 12.0 Å². The van der Waals surface area contributed by atoms with E-state index in [2.05, 4.69) is 53.3 Å². The Kier molecular flexibility index (Phi) is 5.54. The SMILES string of the molecule is CNC(Cc1ccc(C)c(C)c1)Cc1cccc(F)c1Br. The van der Waals surface area contributed by atoms with Crippen LogP contribution in [0, 0.1) is 19.7 Å². The molecule has 0 aromatic heterocycles. The molecule has 0 aliphatic rings. The summed E-state index contributed by atoms with van der Waals surface area (Å²) in [6, 6.07) is 12.1. The number of benzene rings is 2. The summed E-state index contributed by atoms with van der Waals surface area (Å²) in [7, 11) is 1.96. The van der Waals surface area contributed by atoms with Crippen LogP contribution in [-0.2, 0) is 12.8 Å². The molecule has 0 saturated heterocycles. The summed E-state index contributed by atoms with van der Waals surface area (Å²) in [5.74, 6) is -0.200. The van der Waals surface area contributed by atoms with E-state index in [-0.39, 0.29) is 11.9 Å². The van der Waals surface area contributed by atoms with Crippen LogP contribution in [0.3, 0.4) is 0 Å². The lowest BCUT2D eigenvalue weighted by Gasteiger charge is -2.18. The number of halogens is 2. The zero-order chi connectivity index (χ0) is 15.4. The molecule has 1 atom stereocenters. The fourth-order valence-corrected chi connectivity index (χ4v) is 2.89. The fraction of sp³-hybridized carbons (Fsp3) is 0.333. The Morgan fingerprint density at radius 1 is 1.10 bits per heavy atom. The van der Waals surface area contributed by atoms with Crippen molar-refractivity contribution in [3.63, 3.8) is 0 Å². The summed E-state index contributed by atoms with van der Waals surface area (Å²) in [6.45, 7) is 4.26.